The number of carbonyl (C=O) groups excluding carboxylic acids is 4. The van der Waals surface area contributed by atoms with Crippen LogP contribution in [0.2, 0.25) is 0 Å². The molecule has 10 nitrogen and oxygen atoms in total. The minimum absolute atomic E-state index is 0.204. The van der Waals surface area contributed by atoms with Crippen molar-refractivity contribution >= 4 is 23.6 Å². The second kappa shape index (κ2) is 13.1. The number of nitrogens with one attached hydrogen (secondary N) is 4. The molecule has 4 atom stereocenters. The Bertz CT molecular complexity index is 569. The molecule has 1 heterocycles. The third kappa shape index (κ3) is 8.78. The van der Waals surface area contributed by atoms with Crippen LogP contribution in [-0.4, -0.2) is 66.6 Å². The van der Waals surface area contributed by atoms with Gasteiger partial charge in [-0.05, 0) is 32.7 Å². The molecule has 4 amide bonds. The van der Waals surface area contributed by atoms with Gasteiger partial charge in [-0.15, -0.1) is 0 Å². The van der Waals surface area contributed by atoms with E-state index in [0.29, 0.717) is 19.3 Å². The summed E-state index contributed by atoms with van der Waals surface area (Å²) < 4.78 is 0. The molecule has 0 bridgehead atoms. The third-order valence-corrected chi connectivity index (χ3v) is 4.95. The highest BCUT2D eigenvalue weighted by molar-refractivity contribution is 5.94. The van der Waals surface area contributed by atoms with Gasteiger partial charge in [-0.25, -0.2) is 0 Å². The first-order valence-electron chi connectivity index (χ1n) is 10.3. The zero-order chi connectivity index (χ0) is 21.8. The predicted octanol–water partition coefficient (Wildman–Crippen LogP) is -1.34. The average Bonchev–Trinajstić information content (AvgIpc) is 2.69. The number of amides is 4. The second-order valence-electron chi connectivity index (χ2n) is 7.41. The van der Waals surface area contributed by atoms with Crippen molar-refractivity contribution in [3.05, 3.63) is 0 Å². The Hall–Kier alpha value is -2.20. The van der Waals surface area contributed by atoms with Crippen LogP contribution in [0.5, 0.6) is 0 Å². The molecule has 1 aliphatic heterocycles. The predicted molar refractivity (Wildman–Crippen MR) is 108 cm³/mol. The van der Waals surface area contributed by atoms with Crippen molar-refractivity contribution < 1.29 is 24.3 Å². The molecule has 1 saturated heterocycles. The van der Waals surface area contributed by atoms with E-state index in [1.54, 1.807) is 0 Å². The average molecular weight is 414 g/mol. The van der Waals surface area contributed by atoms with E-state index in [2.05, 4.69) is 21.3 Å². The van der Waals surface area contributed by atoms with Crippen LogP contribution in [0.25, 0.3) is 0 Å². The van der Waals surface area contributed by atoms with Gasteiger partial charge >= 0.3 is 0 Å². The first-order chi connectivity index (χ1) is 13.8. The Kier molecular flexibility index (Phi) is 11.2. The van der Waals surface area contributed by atoms with Gasteiger partial charge in [0, 0.05) is 13.5 Å². The quantitative estimate of drug-likeness (QED) is 0.316. The van der Waals surface area contributed by atoms with Crippen molar-refractivity contribution in [2.24, 2.45) is 5.73 Å². The van der Waals surface area contributed by atoms with Crippen LogP contribution in [0.15, 0.2) is 0 Å². The van der Waals surface area contributed by atoms with E-state index in [-0.39, 0.29) is 18.9 Å². The molecule has 0 aliphatic carbocycles. The van der Waals surface area contributed by atoms with Gasteiger partial charge < -0.3 is 32.1 Å². The molecule has 1 rings (SSSR count). The molecular formula is C19H35N5O5. The number of aliphatic hydroxyl groups excluding tert-OH is 1. The largest absolute Gasteiger partial charge is 0.391 e. The fourth-order valence-corrected chi connectivity index (χ4v) is 3.22. The van der Waals surface area contributed by atoms with Crippen LogP contribution in [0.4, 0.5) is 0 Å². The highest BCUT2D eigenvalue weighted by Gasteiger charge is 2.30. The van der Waals surface area contributed by atoms with Crippen LogP contribution < -0.4 is 27.0 Å². The van der Waals surface area contributed by atoms with Crippen molar-refractivity contribution in [1.82, 2.24) is 21.3 Å². The SMILES string of the molecule is CNC(=O)[C@@H](NC(=O)[C@@H]1CCCCCCCC(=O)N[C@H](CCN)C(=O)N1)[C@@H](C)O. The summed E-state index contributed by atoms with van der Waals surface area (Å²) in [4.78, 5) is 49.4. The van der Waals surface area contributed by atoms with Gasteiger partial charge in [0.2, 0.25) is 23.6 Å². The number of carbonyl (C=O) groups is 4. The molecule has 10 heteroatoms. The van der Waals surface area contributed by atoms with Crippen molar-refractivity contribution in [3.63, 3.8) is 0 Å². The summed E-state index contributed by atoms with van der Waals surface area (Å²) in [5.41, 5.74) is 5.57. The van der Waals surface area contributed by atoms with Gasteiger partial charge in [0.15, 0.2) is 0 Å². The van der Waals surface area contributed by atoms with Crippen molar-refractivity contribution in [3.8, 4) is 0 Å². The molecule has 0 unspecified atom stereocenters. The zero-order valence-electron chi connectivity index (χ0n) is 17.3. The first kappa shape index (κ1) is 24.8. The van der Waals surface area contributed by atoms with Gasteiger partial charge in [0.25, 0.3) is 0 Å². The van der Waals surface area contributed by atoms with Crippen molar-refractivity contribution in [2.45, 2.75) is 82.5 Å². The molecule has 0 aromatic carbocycles. The van der Waals surface area contributed by atoms with Crippen LogP contribution in [0.3, 0.4) is 0 Å². The fourth-order valence-electron chi connectivity index (χ4n) is 3.22. The number of hydrogen-bond acceptors (Lipinski definition) is 6. The standard InChI is InChI=1S/C19H35N5O5/c1-12(25)16(19(29)21-2)24-18(28)13-8-6-4-3-5-7-9-15(26)22-14(10-11-20)17(27)23-13/h12-14,16,25H,3-11,20H2,1-2H3,(H,21,29)(H,22,26)(H,23,27)(H,24,28)/t12-,13+,14-,16+/m1/s1. The lowest BCUT2D eigenvalue weighted by atomic mass is 10.0. The zero-order valence-corrected chi connectivity index (χ0v) is 17.3. The van der Waals surface area contributed by atoms with Gasteiger partial charge in [0.05, 0.1) is 6.10 Å². The summed E-state index contributed by atoms with van der Waals surface area (Å²) in [6.45, 7) is 1.60. The normalized spacial score (nSPS) is 23.9. The van der Waals surface area contributed by atoms with Gasteiger partial charge in [-0.3, -0.25) is 19.2 Å². The van der Waals surface area contributed by atoms with Crippen LogP contribution >= 0.6 is 0 Å². The van der Waals surface area contributed by atoms with E-state index < -0.39 is 42.0 Å². The van der Waals surface area contributed by atoms with Gasteiger partial charge in [-0.2, -0.15) is 0 Å². The van der Waals surface area contributed by atoms with Gasteiger partial charge in [0.1, 0.15) is 18.1 Å². The number of hydrogen-bond donors (Lipinski definition) is 6. The number of aliphatic hydroxyl groups is 1. The molecule has 0 saturated carbocycles. The maximum Gasteiger partial charge on any atom is 0.245 e. The van der Waals surface area contributed by atoms with Crippen LogP contribution in [0.1, 0.15) is 58.3 Å². The van der Waals surface area contributed by atoms with Crippen molar-refractivity contribution in [1.29, 1.82) is 0 Å². The third-order valence-electron chi connectivity index (χ3n) is 4.95. The summed E-state index contributed by atoms with van der Waals surface area (Å²) in [6, 6.07) is -2.84. The summed E-state index contributed by atoms with van der Waals surface area (Å²) in [5, 5.41) is 20.1. The number of rotatable bonds is 6. The lowest BCUT2D eigenvalue weighted by Crippen LogP contribution is -2.58. The van der Waals surface area contributed by atoms with E-state index in [4.69, 9.17) is 5.73 Å². The number of nitrogens with two attached hydrogens (primary N) is 1. The fraction of sp³-hybridized carbons (Fsp3) is 0.789. The van der Waals surface area contributed by atoms with E-state index in [9.17, 15) is 24.3 Å². The highest BCUT2D eigenvalue weighted by Crippen LogP contribution is 2.11. The Morgan fingerprint density at radius 1 is 1.17 bits per heavy atom. The maximum absolute atomic E-state index is 12.8. The summed E-state index contributed by atoms with van der Waals surface area (Å²) in [7, 11) is 1.41. The lowest BCUT2D eigenvalue weighted by Gasteiger charge is -2.26. The maximum atomic E-state index is 12.8. The summed E-state index contributed by atoms with van der Waals surface area (Å²) in [5.74, 6) is -1.79. The Morgan fingerprint density at radius 3 is 2.45 bits per heavy atom. The molecule has 0 radical (unpaired) electrons. The topological polar surface area (TPSA) is 163 Å². The molecule has 0 aromatic rings. The molecule has 1 aliphatic rings. The molecule has 0 spiro atoms. The minimum atomic E-state index is -1.13. The smallest absolute Gasteiger partial charge is 0.245 e. The van der Waals surface area contributed by atoms with Crippen LogP contribution in [-0.2, 0) is 19.2 Å². The lowest BCUT2D eigenvalue weighted by molar-refractivity contribution is -0.135. The molecule has 166 valence electrons. The van der Waals surface area contributed by atoms with E-state index in [0.717, 1.165) is 25.7 Å². The summed E-state index contributed by atoms with van der Waals surface area (Å²) >= 11 is 0. The molecule has 29 heavy (non-hydrogen) atoms. The highest BCUT2D eigenvalue weighted by atomic mass is 16.3. The van der Waals surface area contributed by atoms with Gasteiger partial charge in [-0.1, -0.05) is 25.7 Å². The second-order valence-corrected chi connectivity index (χ2v) is 7.41. The Morgan fingerprint density at radius 2 is 1.83 bits per heavy atom. The number of likely N-dealkylation sites (N-methyl/N-ethyl adjacent to an activating group) is 1. The molecular weight excluding hydrogens is 378 g/mol. The molecule has 0 aromatic heterocycles. The molecule has 7 N–H and O–H groups in total. The van der Waals surface area contributed by atoms with Crippen LogP contribution in [0, 0.1) is 0 Å². The summed E-state index contributed by atoms with van der Waals surface area (Å²) in [6.07, 6.45) is 4.03. The minimum Gasteiger partial charge on any atom is -0.391 e. The van der Waals surface area contributed by atoms with E-state index in [1.807, 2.05) is 0 Å². The Labute approximate surface area is 171 Å². The molecule has 1 fully saturated rings. The van der Waals surface area contributed by atoms with E-state index >= 15 is 0 Å². The Balaban J connectivity index is 2.94. The monoisotopic (exact) mass is 413 g/mol. The first-order valence-corrected chi connectivity index (χ1v) is 10.3. The van der Waals surface area contributed by atoms with E-state index in [1.165, 1.54) is 14.0 Å². The van der Waals surface area contributed by atoms with Crippen molar-refractivity contribution in [2.75, 3.05) is 13.6 Å².